The molecule has 0 radical (unpaired) electrons. The Hall–Kier alpha value is -1.23. The van der Waals surface area contributed by atoms with Crippen molar-refractivity contribution in [3.05, 3.63) is 12.1 Å². The predicted molar refractivity (Wildman–Crippen MR) is 66.5 cm³/mol. The molecule has 0 aliphatic heterocycles. The molecule has 2 aromatic rings. The lowest BCUT2D eigenvalue weighted by molar-refractivity contribution is 0.315. The second-order valence-corrected chi connectivity index (χ2v) is 4.81. The summed E-state index contributed by atoms with van der Waals surface area (Å²) in [6.07, 6.45) is 3.73. The molecule has 0 saturated heterocycles. The van der Waals surface area contributed by atoms with Crippen molar-refractivity contribution in [2.75, 3.05) is 11.5 Å². The molecule has 5 heteroatoms. The van der Waals surface area contributed by atoms with Crippen LogP contribution >= 0.6 is 11.8 Å². The molecule has 0 atom stereocenters. The van der Waals surface area contributed by atoms with E-state index in [0.29, 0.717) is 11.2 Å². The number of thioether (sulfide) groups is 1. The predicted octanol–water partition coefficient (Wildman–Crippen LogP) is 3.09. The summed E-state index contributed by atoms with van der Waals surface area (Å²) in [6, 6.07) is 3.84. The van der Waals surface area contributed by atoms with Crippen LogP contribution in [0.5, 0.6) is 0 Å². The fourth-order valence-electron chi connectivity index (χ4n) is 1.51. The SMILES string of the molecule is CCCCCSc1ccc(N)c2nonc12. The van der Waals surface area contributed by atoms with E-state index in [1.807, 2.05) is 12.1 Å². The molecule has 0 saturated carbocycles. The van der Waals surface area contributed by atoms with Gasteiger partial charge < -0.3 is 5.73 Å². The van der Waals surface area contributed by atoms with E-state index in [2.05, 4.69) is 17.2 Å². The standard InChI is InChI=1S/C11H15N3OS/c1-2-3-4-7-16-9-6-5-8(12)10-11(9)14-15-13-10/h5-6H,2-4,7,12H2,1H3. The van der Waals surface area contributed by atoms with E-state index in [-0.39, 0.29) is 0 Å². The van der Waals surface area contributed by atoms with E-state index >= 15 is 0 Å². The third kappa shape index (κ3) is 2.29. The minimum atomic E-state index is 0.620. The van der Waals surface area contributed by atoms with Gasteiger partial charge in [-0.25, -0.2) is 4.63 Å². The van der Waals surface area contributed by atoms with E-state index in [1.54, 1.807) is 11.8 Å². The maximum atomic E-state index is 5.77. The van der Waals surface area contributed by atoms with Gasteiger partial charge in [0.2, 0.25) is 0 Å². The topological polar surface area (TPSA) is 64.9 Å². The fraction of sp³-hybridized carbons (Fsp3) is 0.455. The molecular formula is C11H15N3OS. The molecular weight excluding hydrogens is 222 g/mol. The first-order valence-electron chi connectivity index (χ1n) is 5.46. The number of aromatic nitrogens is 2. The number of rotatable bonds is 5. The Bertz CT molecular complexity index is 469. The molecule has 0 aliphatic rings. The number of nitrogen functional groups attached to an aromatic ring is 1. The van der Waals surface area contributed by atoms with Crippen molar-refractivity contribution >= 4 is 28.5 Å². The molecule has 0 spiro atoms. The van der Waals surface area contributed by atoms with E-state index < -0.39 is 0 Å². The van der Waals surface area contributed by atoms with Gasteiger partial charge in [0, 0.05) is 4.90 Å². The van der Waals surface area contributed by atoms with Crippen LogP contribution in [0.25, 0.3) is 11.0 Å². The summed E-state index contributed by atoms with van der Waals surface area (Å²) < 4.78 is 4.72. The molecule has 0 unspecified atom stereocenters. The van der Waals surface area contributed by atoms with E-state index in [9.17, 15) is 0 Å². The van der Waals surface area contributed by atoms with Crippen LogP contribution in [-0.4, -0.2) is 16.1 Å². The molecule has 0 amide bonds. The van der Waals surface area contributed by atoms with Crippen molar-refractivity contribution in [2.24, 2.45) is 0 Å². The summed E-state index contributed by atoms with van der Waals surface area (Å²) in [5, 5.41) is 7.69. The maximum Gasteiger partial charge on any atom is 0.159 e. The van der Waals surface area contributed by atoms with E-state index in [1.165, 1.54) is 19.3 Å². The van der Waals surface area contributed by atoms with Crippen molar-refractivity contribution in [1.82, 2.24) is 10.3 Å². The summed E-state index contributed by atoms with van der Waals surface area (Å²) in [5.41, 5.74) is 7.84. The largest absolute Gasteiger partial charge is 0.397 e. The number of hydrogen-bond donors (Lipinski definition) is 1. The second kappa shape index (κ2) is 5.21. The Morgan fingerprint density at radius 1 is 1.25 bits per heavy atom. The molecule has 86 valence electrons. The van der Waals surface area contributed by atoms with Gasteiger partial charge in [-0.3, -0.25) is 0 Å². The number of hydrogen-bond acceptors (Lipinski definition) is 5. The Balaban J connectivity index is 2.12. The van der Waals surface area contributed by atoms with Gasteiger partial charge in [0.15, 0.2) is 11.0 Å². The molecule has 0 fully saturated rings. The van der Waals surface area contributed by atoms with E-state index in [4.69, 9.17) is 10.4 Å². The van der Waals surface area contributed by atoms with Crippen molar-refractivity contribution < 1.29 is 4.63 Å². The van der Waals surface area contributed by atoms with Crippen LogP contribution in [0.1, 0.15) is 26.2 Å². The highest BCUT2D eigenvalue weighted by atomic mass is 32.2. The van der Waals surface area contributed by atoms with Crippen LogP contribution in [0.3, 0.4) is 0 Å². The Labute approximate surface area is 98.5 Å². The van der Waals surface area contributed by atoms with Gasteiger partial charge in [0.05, 0.1) is 5.69 Å². The van der Waals surface area contributed by atoms with Crippen LogP contribution in [0.15, 0.2) is 21.7 Å². The Morgan fingerprint density at radius 3 is 2.88 bits per heavy atom. The quantitative estimate of drug-likeness (QED) is 0.492. The van der Waals surface area contributed by atoms with Crippen LogP contribution in [-0.2, 0) is 0 Å². The van der Waals surface area contributed by atoms with Crippen LogP contribution in [0, 0.1) is 0 Å². The lowest BCUT2D eigenvalue weighted by Gasteiger charge is -2.01. The molecule has 1 aromatic heterocycles. The summed E-state index contributed by atoms with van der Waals surface area (Å²) in [4.78, 5) is 1.10. The first-order valence-corrected chi connectivity index (χ1v) is 6.45. The zero-order valence-electron chi connectivity index (χ0n) is 9.27. The molecule has 2 rings (SSSR count). The third-order valence-electron chi connectivity index (χ3n) is 2.42. The van der Waals surface area contributed by atoms with Gasteiger partial charge >= 0.3 is 0 Å². The van der Waals surface area contributed by atoms with Crippen molar-refractivity contribution in [1.29, 1.82) is 0 Å². The van der Waals surface area contributed by atoms with Crippen molar-refractivity contribution in [3.63, 3.8) is 0 Å². The number of unbranched alkanes of at least 4 members (excludes halogenated alkanes) is 2. The number of nitrogens with two attached hydrogens (primary N) is 1. The molecule has 1 heterocycles. The van der Waals surface area contributed by atoms with Crippen LogP contribution in [0.4, 0.5) is 5.69 Å². The first-order chi connectivity index (χ1) is 7.83. The first kappa shape index (κ1) is 11.3. The maximum absolute atomic E-state index is 5.77. The average Bonchev–Trinajstić information content (AvgIpc) is 2.77. The number of fused-ring (bicyclic) bond motifs is 1. The van der Waals surface area contributed by atoms with Crippen molar-refractivity contribution in [3.8, 4) is 0 Å². The van der Waals surface area contributed by atoms with Crippen molar-refractivity contribution in [2.45, 2.75) is 31.1 Å². The number of anilines is 1. The summed E-state index contributed by atoms with van der Waals surface area (Å²) in [6.45, 7) is 2.20. The van der Waals surface area contributed by atoms with Gasteiger partial charge in [-0.1, -0.05) is 19.8 Å². The minimum absolute atomic E-state index is 0.620. The third-order valence-corrected chi connectivity index (χ3v) is 3.55. The minimum Gasteiger partial charge on any atom is -0.397 e. The zero-order chi connectivity index (χ0) is 11.4. The smallest absolute Gasteiger partial charge is 0.159 e. The van der Waals surface area contributed by atoms with Crippen LogP contribution < -0.4 is 5.73 Å². The highest BCUT2D eigenvalue weighted by Gasteiger charge is 2.09. The highest BCUT2D eigenvalue weighted by molar-refractivity contribution is 7.99. The van der Waals surface area contributed by atoms with E-state index in [0.717, 1.165) is 16.2 Å². The number of nitrogens with zero attached hydrogens (tertiary/aromatic N) is 2. The van der Waals surface area contributed by atoms with Gasteiger partial charge in [-0.15, -0.1) is 11.8 Å². The molecule has 0 aliphatic carbocycles. The highest BCUT2D eigenvalue weighted by Crippen LogP contribution is 2.29. The van der Waals surface area contributed by atoms with Gasteiger partial charge in [0.1, 0.15) is 0 Å². The van der Waals surface area contributed by atoms with Crippen LogP contribution in [0.2, 0.25) is 0 Å². The molecule has 4 nitrogen and oxygen atoms in total. The number of benzene rings is 1. The average molecular weight is 237 g/mol. The molecule has 0 bridgehead atoms. The second-order valence-electron chi connectivity index (χ2n) is 3.67. The Kier molecular flexibility index (Phi) is 3.66. The monoisotopic (exact) mass is 237 g/mol. The summed E-state index contributed by atoms with van der Waals surface area (Å²) >= 11 is 1.79. The summed E-state index contributed by atoms with van der Waals surface area (Å²) in [5.74, 6) is 1.10. The van der Waals surface area contributed by atoms with Gasteiger partial charge in [-0.05, 0) is 34.6 Å². The van der Waals surface area contributed by atoms with Gasteiger partial charge in [-0.2, -0.15) is 0 Å². The zero-order valence-corrected chi connectivity index (χ0v) is 10.1. The lowest BCUT2D eigenvalue weighted by Crippen LogP contribution is -1.88. The van der Waals surface area contributed by atoms with Gasteiger partial charge in [0.25, 0.3) is 0 Å². The summed E-state index contributed by atoms with van der Waals surface area (Å²) in [7, 11) is 0. The normalized spacial score (nSPS) is 11.1. The molecule has 2 N–H and O–H groups in total. The lowest BCUT2D eigenvalue weighted by atomic mass is 10.3. The fourth-order valence-corrected chi connectivity index (χ4v) is 2.52. The molecule has 1 aromatic carbocycles. The molecule has 16 heavy (non-hydrogen) atoms. The Morgan fingerprint density at radius 2 is 2.06 bits per heavy atom.